The Balaban J connectivity index is 2.13. The van der Waals surface area contributed by atoms with Gasteiger partial charge in [0, 0.05) is 11.3 Å². The van der Waals surface area contributed by atoms with E-state index in [2.05, 4.69) is 0 Å². The molecule has 0 amide bonds. The Hall–Kier alpha value is -1.45. The Morgan fingerprint density at radius 3 is 2.42 bits per heavy atom. The van der Waals surface area contributed by atoms with Crippen molar-refractivity contribution in [1.82, 2.24) is 0 Å². The van der Waals surface area contributed by atoms with Gasteiger partial charge < -0.3 is 9.84 Å². The highest BCUT2D eigenvalue weighted by Gasteiger charge is 2.12. The molecule has 0 aliphatic carbocycles. The summed E-state index contributed by atoms with van der Waals surface area (Å²) in [6.45, 7) is 0. The SMILES string of the molecule is COc1ccc(CC(O)c2ccccc2SC)cc1. The van der Waals surface area contributed by atoms with E-state index >= 15 is 0 Å². The van der Waals surface area contributed by atoms with E-state index in [-0.39, 0.29) is 0 Å². The molecule has 0 saturated carbocycles. The van der Waals surface area contributed by atoms with Crippen molar-refractivity contribution < 1.29 is 9.84 Å². The Bertz CT molecular complexity index is 523. The molecular formula is C16H18O2S. The minimum atomic E-state index is -0.475. The quantitative estimate of drug-likeness (QED) is 0.843. The molecule has 0 saturated heterocycles. The van der Waals surface area contributed by atoms with Gasteiger partial charge in [0.2, 0.25) is 0 Å². The lowest BCUT2D eigenvalue weighted by Crippen LogP contribution is -2.03. The van der Waals surface area contributed by atoms with Crippen LogP contribution in [0.3, 0.4) is 0 Å². The largest absolute Gasteiger partial charge is 0.497 e. The molecule has 0 heterocycles. The molecule has 0 spiro atoms. The first kappa shape index (κ1) is 14.0. The molecule has 0 aliphatic heterocycles. The minimum absolute atomic E-state index is 0.475. The summed E-state index contributed by atoms with van der Waals surface area (Å²) in [6.07, 6.45) is 2.16. The van der Waals surface area contributed by atoms with E-state index in [4.69, 9.17) is 4.74 Å². The highest BCUT2D eigenvalue weighted by atomic mass is 32.2. The zero-order chi connectivity index (χ0) is 13.7. The molecular weight excluding hydrogens is 256 g/mol. The van der Waals surface area contributed by atoms with Crippen molar-refractivity contribution in [2.24, 2.45) is 0 Å². The van der Waals surface area contributed by atoms with Gasteiger partial charge in [-0.25, -0.2) is 0 Å². The van der Waals surface area contributed by atoms with Crippen molar-refractivity contribution in [2.45, 2.75) is 17.4 Å². The summed E-state index contributed by atoms with van der Waals surface area (Å²) in [5.41, 5.74) is 2.09. The second kappa shape index (κ2) is 6.64. The van der Waals surface area contributed by atoms with Gasteiger partial charge in [0.05, 0.1) is 13.2 Å². The second-order valence-electron chi connectivity index (χ2n) is 4.31. The van der Waals surface area contributed by atoms with E-state index in [9.17, 15) is 5.11 Å². The lowest BCUT2D eigenvalue weighted by atomic mass is 10.0. The second-order valence-corrected chi connectivity index (χ2v) is 5.16. The Morgan fingerprint density at radius 1 is 1.11 bits per heavy atom. The van der Waals surface area contributed by atoms with Crippen molar-refractivity contribution in [1.29, 1.82) is 0 Å². The molecule has 2 rings (SSSR count). The third-order valence-corrected chi connectivity index (χ3v) is 3.90. The molecule has 2 nitrogen and oxygen atoms in total. The third-order valence-electron chi connectivity index (χ3n) is 3.09. The summed E-state index contributed by atoms with van der Waals surface area (Å²) >= 11 is 1.66. The van der Waals surface area contributed by atoms with Crippen molar-refractivity contribution >= 4 is 11.8 Å². The zero-order valence-electron chi connectivity index (χ0n) is 11.2. The summed E-state index contributed by atoms with van der Waals surface area (Å²) < 4.78 is 5.13. The topological polar surface area (TPSA) is 29.5 Å². The van der Waals surface area contributed by atoms with Gasteiger partial charge in [0.1, 0.15) is 5.75 Å². The van der Waals surface area contributed by atoms with E-state index in [1.54, 1.807) is 18.9 Å². The maximum atomic E-state index is 10.4. The summed E-state index contributed by atoms with van der Waals surface area (Å²) in [5, 5.41) is 10.4. The Morgan fingerprint density at radius 2 is 1.79 bits per heavy atom. The highest BCUT2D eigenvalue weighted by molar-refractivity contribution is 7.98. The van der Waals surface area contributed by atoms with Gasteiger partial charge in [-0.1, -0.05) is 30.3 Å². The van der Waals surface area contributed by atoms with Crippen LogP contribution < -0.4 is 4.74 Å². The molecule has 0 fully saturated rings. The molecule has 1 unspecified atom stereocenters. The van der Waals surface area contributed by atoms with Gasteiger partial charge >= 0.3 is 0 Å². The van der Waals surface area contributed by atoms with Crippen molar-refractivity contribution in [3.63, 3.8) is 0 Å². The van der Waals surface area contributed by atoms with Crippen LogP contribution in [0.15, 0.2) is 53.4 Å². The summed E-state index contributed by atoms with van der Waals surface area (Å²) in [5.74, 6) is 0.836. The van der Waals surface area contributed by atoms with Crippen LogP contribution in [0.5, 0.6) is 5.75 Å². The molecule has 0 aliphatic rings. The van der Waals surface area contributed by atoms with Crippen LogP contribution in [0.1, 0.15) is 17.2 Å². The van der Waals surface area contributed by atoms with Crippen LogP contribution in [0.25, 0.3) is 0 Å². The van der Waals surface area contributed by atoms with Gasteiger partial charge in [0.15, 0.2) is 0 Å². The van der Waals surface area contributed by atoms with Crippen LogP contribution in [-0.4, -0.2) is 18.5 Å². The van der Waals surface area contributed by atoms with E-state index in [1.807, 2.05) is 54.8 Å². The van der Waals surface area contributed by atoms with Crippen molar-refractivity contribution in [3.05, 3.63) is 59.7 Å². The maximum Gasteiger partial charge on any atom is 0.118 e. The molecule has 19 heavy (non-hydrogen) atoms. The predicted octanol–water partition coefficient (Wildman–Crippen LogP) is 3.69. The first-order valence-electron chi connectivity index (χ1n) is 6.18. The van der Waals surface area contributed by atoms with Crippen molar-refractivity contribution in [3.8, 4) is 5.75 Å². The average molecular weight is 274 g/mol. The van der Waals surface area contributed by atoms with Crippen LogP contribution in [0, 0.1) is 0 Å². The zero-order valence-corrected chi connectivity index (χ0v) is 12.0. The predicted molar refractivity (Wildman–Crippen MR) is 79.9 cm³/mol. The summed E-state index contributed by atoms with van der Waals surface area (Å²) in [6, 6.07) is 15.8. The molecule has 0 radical (unpaired) electrons. The smallest absolute Gasteiger partial charge is 0.118 e. The van der Waals surface area contributed by atoms with E-state index in [0.717, 1.165) is 21.8 Å². The molecule has 100 valence electrons. The molecule has 3 heteroatoms. The Labute approximate surface area is 118 Å². The van der Waals surface area contributed by atoms with E-state index in [1.165, 1.54) is 0 Å². The minimum Gasteiger partial charge on any atom is -0.497 e. The fourth-order valence-electron chi connectivity index (χ4n) is 2.04. The van der Waals surface area contributed by atoms with Crippen molar-refractivity contribution in [2.75, 3.05) is 13.4 Å². The number of hydrogen-bond acceptors (Lipinski definition) is 3. The number of methoxy groups -OCH3 is 1. The standard InChI is InChI=1S/C16H18O2S/c1-18-13-9-7-12(8-10-13)11-15(17)14-5-3-4-6-16(14)19-2/h3-10,15,17H,11H2,1-2H3. The van der Waals surface area contributed by atoms with Gasteiger partial charge in [0.25, 0.3) is 0 Å². The van der Waals surface area contributed by atoms with Crippen LogP contribution in [-0.2, 0) is 6.42 Å². The number of ether oxygens (including phenoxy) is 1. The summed E-state index contributed by atoms with van der Waals surface area (Å²) in [4.78, 5) is 1.13. The Kier molecular flexibility index (Phi) is 4.88. The van der Waals surface area contributed by atoms with E-state index < -0.39 is 6.10 Å². The van der Waals surface area contributed by atoms with Gasteiger partial charge in [-0.15, -0.1) is 11.8 Å². The average Bonchev–Trinajstić information content (AvgIpc) is 2.48. The number of aliphatic hydroxyl groups excluding tert-OH is 1. The normalized spacial score (nSPS) is 12.2. The number of benzene rings is 2. The van der Waals surface area contributed by atoms with Crippen LogP contribution in [0.2, 0.25) is 0 Å². The highest BCUT2D eigenvalue weighted by Crippen LogP contribution is 2.28. The number of aliphatic hydroxyl groups is 1. The first-order valence-corrected chi connectivity index (χ1v) is 7.41. The third kappa shape index (κ3) is 3.52. The molecule has 2 aromatic carbocycles. The monoisotopic (exact) mass is 274 g/mol. The first-order chi connectivity index (χ1) is 9.24. The lowest BCUT2D eigenvalue weighted by molar-refractivity contribution is 0.175. The van der Waals surface area contributed by atoms with Gasteiger partial charge in [-0.05, 0) is 35.6 Å². The molecule has 1 atom stereocenters. The maximum absolute atomic E-state index is 10.4. The fourth-order valence-corrected chi connectivity index (χ4v) is 2.69. The molecule has 2 aromatic rings. The number of thioether (sulfide) groups is 1. The fraction of sp³-hybridized carbons (Fsp3) is 0.250. The number of hydrogen-bond donors (Lipinski definition) is 1. The number of rotatable bonds is 5. The lowest BCUT2D eigenvalue weighted by Gasteiger charge is -2.14. The molecule has 0 bridgehead atoms. The van der Waals surface area contributed by atoms with Gasteiger partial charge in [-0.3, -0.25) is 0 Å². The van der Waals surface area contributed by atoms with Crippen LogP contribution in [0.4, 0.5) is 0 Å². The van der Waals surface area contributed by atoms with E-state index in [0.29, 0.717) is 6.42 Å². The van der Waals surface area contributed by atoms with Crippen LogP contribution >= 0.6 is 11.8 Å². The molecule has 0 aromatic heterocycles. The molecule has 1 N–H and O–H groups in total. The van der Waals surface area contributed by atoms with Gasteiger partial charge in [-0.2, -0.15) is 0 Å². The summed E-state index contributed by atoms with van der Waals surface area (Å²) in [7, 11) is 1.65.